The Morgan fingerprint density at radius 3 is 2.81 bits per heavy atom. The van der Waals surface area contributed by atoms with Gasteiger partial charge in [-0.05, 0) is 31.4 Å². The molecule has 7 nitrogen and oxygen atoms in total. The standard InChI is InChI=1S/C19H32N4O3/c1-20-19(21-11-6-13-25-15-17-9-5-14-26-17)22-12-10-18(24)23-16-7-3-2-4-8-16/h5,9,14,16H,2-4,6-8,10-13,15H2,1H3,(H,23,24)(H2,20,21,22). The third kappa shape index (κ3) is 8.38. The maximum Gasteiger partial charge on any atom is 0.221 e. The fourth-order valence-electron chi connectivity index (χ4n) is 3.01. The minimum atomic E-state index is 0.117. The number of guanidine groups is 1. The molecule has 3 N–H and O–H groups in total. The van der Waals surface area contributed by atoms with Gasteiger partial charge in [-0.3, -0.25) is 9.79 Å². The van der Waals surface area contributed by atoms with Crippen LogP contribution in [0.4, 0.5) is 0 Å². The van der Waals surface area contributed by atoms with Crippen LogP contribution in [0.5, 0.6) is 0 Å². The van der Waals surface area contributed by atoms with E-state index in [0.717, 1.165) is 31.6 Å². The van der Waals surface area contributed by atoms with E-state index in [0.29, 0.717) is 38.2 Å². The zero-order valence-corrected chi connectivity index (χ0v) is 15.8. The maximum absolute atomic E-state index is 12.0. The van der Waals surface area contributed by atoms with E-state index in [2.05, 4.69) is 20.9 Å². The second kappa shape index (κ2) is 12.4. The van der Waals surface area contributed by atoms with Crippen molar-refractivity contribution in [2.24, 2.45) is 4.99 Å². The van der Waals surface area contributed by atoms with E-state index in [1.54, 1.807) is 13.3 Å². The molecule has 0 radical (unpaired) electrons. The van der Waals surface area contributed by atoms with Gasteiger partial charge in [0.25, 0.3) is 0 Å². The molecule has 26 heavy (non-hydrogen) atoms. The van der Waals surface area contributed by atoms with Crippen molar-refractivity contribution >= 4 is 11.9 Å². The highest BCUT2D eigenvalue weighted by molar-refractivity contribution is 5.81. The molecule has 1 heterocycles. The number of carbonyl (C=O) groups excluding carboxylic acids is 1. The summed E-state index contributed by atoms with van der Waals surface area (Å²) in [6, 6.07) is 4.12. The number of ether oxygens (including phenoxy) is 1. The molecule has 1 amide bonds. The zero-order valence-electron chi connectivity index (χ0n) is 15.8. The molecule has 0 aliphatic heterocycles. The lowest BCUT2D eigenvalue weighted by atomic mass is 9.95. The zero-order chi connectivity index (χ0) is 18.5. The summed E-state index contributed by atoms with van der Waals surface area (Å²) in [6.45, 7) is 2.48. The number of rotatable bonds is 10. The van der Waals surface area contributed by atoms with Crippen LogP contribution in [0.1, 0.15) is 50.7 Å². The molecule has 1 saturated carbocycles. The number of furan rings is 1. The van der Waals surface area contributed by atoms with Gasteiger partial charge in [-0.1, -0.05) is 19.3 Å². The van der Waals surface area contributed by atoms with Crippen molar-refractivity contribution < 1.29 is 13.9 Å². The molecule has 146 valence electrons. The Morgan fingerprint density at radius 1 is 1.27 bits per heavy atom. The molecule has 1 aromatic heterocycles. The highest BCUT2D eigenvalue weighted by atomic mass is 16.5. The van der Waals surface area contributed by atoms with Gasteiger partial charge in [0.05, 0.1) is 6.26 Å². The molecule has 0 saturated heterocycles. The smallest absolute Gasteiger partial charge is 0.221 e. The lowest BCUT2D eigenvalue weighted by Gasteiger charge is -2.22. The van der Waals surface area contributed by atoms with E-state index in [1.165, 1.54) is 19.3 Å². The van der Waals surface area contributed by atoms with Crippen molar-refractivity contribution in [1.82, 2.24) is 16.0 Å². The molecular formula is C19H32N4O3. The molecule has 7 heteroatoms. The number of hydrogen-bond acceptors (Lipinski definition) is 4. The Morgan fingerprint density at radius 2 is 2.08 bits per heavy atom. The lowest BCUT2D eigenvalue weighted by molar-refractivity contribution is -0.121. The van der Waals surface area contributed by atoms with Crippen LogP contribution in [0, 0.1) is 0 Å². The number of amides is 1. The first-order valence-corrected chi connectivity index (χ1v) is 9.62. The summed E-state index contributed by atoms with van der Waals surface area (Å²) < 4.78 is 10.7. The largest absolute Gasteiger partial charge is 0.467 e. The Bertz CT molecular complexity index is 525. The van der Waals surface area contributed by atoms with Gasteiger partial charge in [0.1, 0.15) is 12.4 Å². The molecule has 1 aliphatic rings. The first kappa shape index (κ1) is 20.3. The Labute approximate surface area is 156 Å². The molecule has 1 aliphatic carbocycles. The van der Waals surface area contributed by atoms with Crippen molar-refractivity contribution in [3.63, 3.8) is 0 Å². The molecule has 0 atom stereocenters. The van der Waals surface area contributed by atoms with E-state index in [9.17, 15) is 4.79 Å². The van der Waals surface area contributed by atoms with Gasteiger partial charge in [-0.2, -0.15) is 0 Å². The van der Waals surface area contributed by atoms with Crippen LogP contribution >= 0.6 is 0 Å². The van der Waals surface area contributed by atoms with Gasteiger partial charge < -0.3 is 25.1 Å². The minimum absolute atomic E-state index is 0.117. The highest BCUT2D eigenvalue weighted by Crippen LogP contribution is 2.17. The third-order valence-corrected chi connectivity index (χ3v) is 4.42. The van der Waals surface area contributed by atoms with Crippen LogP contribution in [0.25, 0.3) is 0 Å². The summed E-state index contributed by atoms with van der Waals surface area (Å²) in [7, 11) is 1.73. The molecule has 0 unspecified atom stereocenters. The maximum atomic E-state index is 12.0. The number of aliphatic imine (C=N–C) groups is 1. The Balaban J connectivity index is 1.47. The van der Waals surface area contributed by atoms with Crippen molar-refractivity contribution in [3.8, 4) is 0 Å². The summed E-state index contributed by atoms with van der Waals surface area (Å²) >= 11 is 0. The van der Waals surface area contributed by atoms with Crippen LogP contribution in [0.3, 0.4) is 0 Å². The van der Waals surface area contributed by atoms with E-state index < -0.39 is 0 Å². The van der Waals surface area contributed by atoms with Crippen molar-refractivity contribution in [1.29, 1.82) is 0 Å². The van der Waals surface area contributed by atoms with Gasteiger partial charge in [-0.25, -0.2) is 0 Å². The second-order valence-electron chi connectivity index (χ2n) is 6.56. The van der Waals surface area contributed by atoms with E-state index in [-0.39, 0.29) is 5.91 Å². The first-order chi connectivity index (χ1) is 12.8. The van der Waals surface area contributed by atoms with E-state index >= 15 is 0 Å². The van der Waals surface area contributed by atoms with Crippen LogP contribution in [-0.4, -0.2) is 44.7 Å². The van der Waals surface area contributed by atoms with Crippen LogP contribution < -0.4 is 16.0 Å². The second-order valence-corrected chi connectivity index (χ2v) is 6.56. The average Bonchev–Trinajstić information content (AvgIpc) is 3.17. The summed E-state index contributed by atoms with van der Waals surface area (Å²) in [5.41, 5.74) is 0. The predicted octanol–water partition coefficient (Wildman–Crippen LogP) is 2.19. The van der Waals surface area contributed by atoms with Gasteiger partial charge >= 0.3 is 0 Å². The summed E-state index contributed by atoms with van der Waals surface area (Å²) in [6.07, 6.45) is 8.95. The van der Waals surface area contributed by atoms with Gasteiger partial charge in [0, 0.05) is 39.2 Å². The average molecular weight is 364 g/mol. The molecule has 0 bridgehead atoms. The number of nitrogens with zero attached hydrogens (tertiary/aromatic N) is 1. The SMILES string of the molecule is CN=C(NCCCOCc1ccco1)NCCC(=O)NC1CCCCC1. The Hall–Kier alpha value is -2.02. The summed E-state index contributed by atoms with van der Waals surface area (Å²) in [4.78, 5) is 16.1. The van der Waals surface area contributed by atoms with Crippen LogP contribution in [0.15, 0.2) is 27.8 Å². The third-order valence-electron chi connectivity index (χ3n) is 4.42. The summed E-state index contributed by atoms with van der Waals surface area (Å²) in [5.74, 6) is 1.66. The fourth-order valence-corrected chi connectivity index (χ4v) is 3.01. The quantitative estimate of drug-likeness (QED) is 0.336. The molecule has 2 rings (SSSR count). The first-order valence-electron chi connectivity index (χ1n) is 9.62. The number of nitrogens with one attached hydrogen (secondary N) is 3. The van der Waals surface area contributed by atoms with Gasteiger partial charge in [0.2, 0.25) is 5.91 Å². The van der Waals surface area contributed by atoms with Crippen LogP contribution in [0.2, 0.25) is 0 Å². The number of carbonyl (C=O) groups is 1. The predicted molar refractivity (Wildman–Crippen MR) is 102 cm³/mol. The number of hydrogen-bond donors (Lipinski definition) is 3. The van der Waals surface area contributed by atoms with E-state index in [4.69, 9.17) is 9.15 Å². The lowest BCUT2D eigenvalue weighted by Crippen LogP contribution is -2.41. The summed E-state index contributed by atoms with van der Waals surface area (Å²) in [5, 5.41) is 9.52. The minimum Gasteiger partial charge on any atom is -0.467 e. The molecule has 1 aromatic rings. The van der Waals surface area contributed by atoms with Crippen LogP contribution in [-0.2, 0) is 16.1 Å². The highest BCUT2D eigenvalue weighted by Gasteiger charge is 2.15. The fraction of sp³-hybridized carbons (Fsp3) is 0.684. The molecule has 0 aromatic carbocycles. The van der Waals surface area contributed by atoms with Gasteiger partial charge in [0.15, 0.2) is 5.96 Å². The monoisotopic (exact) mass is 364 g/mol. The molecular weight excluding hydrogens is 332 g/mol. The molecule has 0 spiro atoms. The molecule has 1 fully saturated rings. The topological polar surface area (TPSA) is 87.9 Å². The van der Waals surface area contributed by atoms with Crippen molar-refractivity contribution in [3.05, 3.63) is 24.2 Å². The van der Waals surface area contributed by atoms with Gasteiger partial charge in [-0.15, -0.1) is 0 Å². The van der Waals surface area contributed by atoms with E-state index in [1.807, 2.05) is 12.1 Å². The normalized spacial score (nSPS) is 15.7. The van der Waals surface area contributed by atoms with Crippen molar-refractivity contribution in [2.75, 3.05) is 26.7 Å². The van der Waals surface area contributed by atoms with Crippen molar-refractivity contribution in [2.45, 2.75) is 57.6 Å². The Kier molecular flexibility index (Phi) is 9.64.